The topological polar surface area (TPSA) is 86.8 Å². The Morgan fingerprint density at radius 3 is 2.62 bits per heavy atom. The maximum absolute atomic E-state index is 16.6. The summed E-state index contributed by atoms with van der Waals surface area (Å²) in [7, 11) is 0. The first-order valence-electron chi connectivity index (χ1n) is 14.9. The molecule has 2 saturated heterocycles. The smallest absolute Gasteiger partial charge is 0.417 e. The summed E-state index contributed by atoms with van der Waals surface area (Å²) in [6.07, 6.45) is -2.06. The third kappa shape index (κ3) is 6.86. The molecule has 2 amide bonds. The molecule has 8 nitrogen and oxygen atoms in total. The van der Waals surface area contributed by atoms with Gasteiger partial charge in [-0.05, 0) is 68.8 Å². The second-order valence-corrected chi connectivity index (χ2v) is 11.4. The molecule has 45 heavy (non-hydrogen) atoms. The van der Waals surface area contributed by atoms with Crippen molar-refractivity contribution in [1.82, 2.24) is 20.5 Å². The van der Waals surface area contributed by atoms with Crippen molar-refractivity contribution in [3.8, 4) is 17.0 Å². The lowest BCUT2D eigenvalue weighted by atomic mass is 9.97. The van der Waals surface area contributed by atoms with Gasteiger partial charge in [0, 0.05) is 60.6 Å². The van der Waals surface area contributed by atoms with Crippen LogP contribution in [0.3, 0.4) is 0 Å². The highest BCUT2D eigenvalue weighted by Gasteiger charge is 2.39. The van der Waals surface area contributed by atoms with E-state index in [1.165, 1.54) is 17.2 Å². The lowest BCUT2D eigenvalue weighted by Gasteiger charge is -2.43. The fourth-order valence-electron chi connectivity index (χ4n) is 5.93. The molecule has 0 spiro atoms. The van der Waals surface area contributed by atoms with Crippen LogP contribution in [-0.2, 0) is 6.18 Å². The molecular weight excluding hydrogens is 614 g/mol. The van der Waals surface area contributed by atoms with Crippen molar-refractivity contribution in [2.75, 3.05) is 44.2 Å². The molecule has 3 aromatic rings. The van der Waals surface area contributed by atoms with E-state index in [4.69, 9.17) is 16.3 Å². The number of pyridine rings is 1. The molecule has 3 heterocycles. The summed E-state index contributed by atoms with van der Waals surface area (Å²) < 4.78 is 63.6. The maximum Gasteiger partial charge on any atom is 0.417 e. The van der Waals surface area contributed by atoms with Gasteiger partial charge < -0.3 is 25.2 Å². The largest absolute Gasteiger partial charge is 0.478 e. The van der Waals surface area contributed by atoms with Gasteiger partial charge in [0.25, 0.3) is 11.8 Å². The zero-order valence-electron chi connectivity index (χ0n) is 24.9. The number of alkyl halides is 3. The number of aromatic nitrogens is 1. The molecule has 0 aliphatic carbocycles. The number of rotatable bonds is 8. The molecular formula is C32H34ClF4N5O3. The summed E-state index contributed by atoms with van der Waals surface area (Å²) in [5, 5.41) is 6.00. The number of carbonyl (C=O) groups excluding carboxylic acids is 2. The SMILES string of the molecule is CCOc1ncccc1-c1ccc(N2CCN(C(=O)c3ccc(Cl)cc3C(F)(F)F)C[C@H]2CC)c(C(=O)N[C@@H]2CCNC2)c1F. The van der Waals surface area contributed by atoms with E-state index in [9.17, 15) is 22.8 Å². The Bertz CT molecular complexity index is 1560. The molecule has 2 aromatic carbocycles. The minimum absolute atomic E-state index is 0.0589. The molecule has 0 bridgehead atoms. The Morgan fingerprint density at radius 2 is 1.93 bits per heavy atom. The van der Waals surface area contributed by atoms with E-state index in [-0.39, 0.29) is 47.7 Å². The number of piperazine rings is 1. The predicted molar refractivity (Wildman–Crippen MR) is 163 cm³/mol. The standard InChI is InChI=1S/C32H34ClF4N5O3/c1-3-21-18-41(31(44)24-8-7-19(33)16-25(24)32(35,36)37)14-15-42(21)26-10-9-22(23-6-5-12-39-30(23)45-4-2)28(34)27(26)29(43)40-20-11-13-38-17-20/h5-10,12,16,20-21,38H,3-4,11,13-15,17-18H2,1-2H3,(H,40,43)/t20-,21-/m1/s1. The number of halogens is 5. The molecule has 0 saturated carbocycles. The molecule has 2 aliphatic rings. The summed E-state index contributed by atoms with van der Waals surface area (Å²) in [5.74, 6) is -1.86. The number of hydrogen-bond acceptors (Lipinski definition) is 6. The van der Waals surface area contributed by atoms with Crippen LogP contribution in [0.1, 0.15) is 53.0 Å². The fourth-order valence-corrected chi connectivity index (χ4v) is 6.10. The van der Waals surface area contributed by atoms with Crippen molar-refractivity contribution >= 4 is 29.1 Å². The third-order valence-electron chi connectivity index (χ3n) is 8.15. The van der Waals surface area contributed by atoms with Gasteiger partial charge in [0.05, 0.1) is 29.0 Å². The van der Waals surface area contributed by atoms with E-state index in [1.807, 2.05) is 11.8 Å². The second-order valence-electron chi connectivity index (χ2n) is 11.0. The van der Waals surface area contributed by atoms with E-state index >= 15 is 4.39 Å². The molecule has 0 unspecified atom stereocenters. The lowest BCUT2D eigenvalue weighted by molar-refractivity contribution is -0.138. The number of amides is 2. The molecule has 5 rings (SSSR count). The predicted octanol–water partition coefficient (Wildman–Crippen LogP) is 5.79. The zero-order chi connectivity index (χ0) is 32.3. The van der Waals surface area contributed by atoms with E-state index in [0.29, 0.717) is 37.2 Å². The molecule has 2 fully saturated rings. The molecule has 13 heteroatoms. The van der Waals surface area contributed by atoms with Gasteiger partial charge in [-0.3, -0.25) is 9.59 Å². The van der Waals surface area contributed by atoms with Crippen LogP contribution >= 0.6 is 11.6 Å². The van der Waals surface area contributed by atoms with E-state index in [1.54, 1.807) is 31.2 Å². The van der Waals surface area contributed by atoms with E-state index in [0.717, 1.165) is 18.7 Å². The van der Waals surface area contributed by atoms with Gasteiger partial charge in [0.15, 0.2) is 0 Å². The number of nitrogens with one attached hydrogen (secondary N) is 2. The van der Waals surface area contributed by atoms with Crippen LogP contribution in [0.4, 0.5) is 23.2 Å². The maximum atomic E-state index is 16.6. The second kappa shape index (κ2) is 13.6. The summed E-state index contributed by atoms with van der Waals surface area (Å²) in [5.41, 5.74) is -0.864. The number of benzene rings is 2. The minimum atomic E-state index is -4.77. The minimum Gasteiger partial charge on any atom is -0.478 e. The number of carbonyl (C=O) groups is 2. The summed E-state index contributed by atoms with van der Waals surface area (Å²) >= 11 is 5.82. The van der Waals surface area contributed by atoms with Crippen molar-refractivity contribution in [1.29, 1.82) is 0 Å². The van der Waals surface area contributed by atoms with Crippen LogP contribution in [-0.4, -0.2) is 73.1 Å². The Balaban J connectivity index is 1.50. The summed E-state index contributed by atoms with van der Waals surface area (Å²) in [6.45, 7) is 5.56. The first kappa shape index (κ1) is 32.5. The monoisotopic (exact) mass is 647 g/mol. The van der Waals surface area contributed by atoms with Gasteiger partial charge >= 0.3 is 6.18 Å². The molecule has 240 valence electrons. The van der Waals surface area contributed by atoms with Crippen LogP contribution in [0.15, 0.2) is 48.7 Å². The summed E-state index contributed by atoms with van der Waals surface area (Å²) in [6, 6.07) is 9.08. The van der Waals surface area contributed by atoms with Crippen LogP contribution < -0.4 is 20.3 Å². The highest BCUT2D eigenvalue weighted by molar-refractivity contribution is 6.30. The van der Waals surface area contributed by atoms with Crippen LogP contribution in [0.25, 0.3) is 11.1 Å². The van der Waals surface area contributed by atoms with Crippen molar-refractivity contribution in [2.24, 2.45) is 0 Å². The number of hydrogen-bond donors (Lipinski definition) is 2. The first-order valence-corrected chi connectivity index (χ1v) is 15.3. The Labute approximate surface area is 263 Å². The lowest BCUT2D eigenvalue weighted by Crippen LogP contribution is -2.55. The van der Waals surface area contributed by atoms with E-state index in [2.05, 4.69) is 15.6 Å². The van der Waals surface area contributed by atoms with Gasteiger partial charge in [-0.2, -0.15) is 13.2 Å². The van der Waals surface area contributed by atoms with Gasteiger partial charge in [-0.25, -0.2) is 9.37 Å². The molecule has 2 atom stereocenters. The average molecular weight is 648 g/mol. The number of ether oxygens (including phenoxy) is 1. The first-order chi connectivity index (χ1) is 21.5. The third-order valence-corrected chi connectivity index (χ3v) is 8.39. The summed E-state index contributed by atoms with van der Waals surface area (Å²) in [4.78, 5) is 34.6. The number of anilines is 1. The molecule has 2 N–H and O–H groups in total. The van der Waals surface area contributed by atoms with Crippen LogP contribution in [0, 0.1) is 5.82 Å². The van der Waals surface area contributed by atoms with Crippen molar-refractivity contribution < 1.29 is 31.9 Å². The van der Waals surface area contributed by atoms with Crippen molar-refractivity contribution in [3.05, 3.63) is 76.2 Å². The highest BCUT2D eigenvalue weighted by atomic mass is 35.5. The normalized spacial score (nSPS) is 18.6. The Hall–Kier alpha value is -3.90. The van der Waals surface area contributed by atoms with Crippen molar-refractivity contribution in [2.45, 2.75) is 44.9 Å². The van der Waals surface area contributed by atoms with E-state index < -0.39 is 41.0 Å². The molecule has 2 aliphatic heterocycles. The highest BCUT2D eigenvalue weighted by Crippen LogP contribution is 2.38. The van der Waals surface area contributed by atoms with Gasteiger partial charge in [0.2, 0.25) is 5.88 Å². The molecule has 1 aromatic heterocycles. The van der Waals surface area contributed by atoms with Gasteiger partial charge in [0.1, 0.15) is 5.82 Å². The van der Waals surface area contributed by atoms with Gasteiger partial charge in [-0.15, -0.1) is 0 Å². The Kier molecular flexibility index (Phi) is 9.83. The average Bonchev–Trinajstić information content (AvgIpc) is 3.53. The van der Waals surface area contributed by atoms with Crippen molar-refractivity contribution in [3.63, 3.8) is 0 Å². The Morgan fingerprint density at radius 1 is 1.13 bits per heavy atom. The fraction of sp³-hybridized carbons (Fsp3) is 0.406. The van der Waals surface area contributed by atoms with Crippen LogP contribution in [0.2, 0.25) is 5.02 Å². The number of nitrogens with zero attached hydrogens (tertiary/aromatic N) is 3. The van der Waals surface area contributed by atoms with Crippen LogP contribution in [0.5, 0.6) is 5.88 Å². The van der Waals surface area contributed by atoms with Gasteiger partial charge in [-0.1, -0.05) is 18.5 Å². The molecule has 0 radical (unpaired) electrons. The quantitative estimate of drug-likeness (QED) is 0.301. The zero-order valence-corrected chi connectivity index (χ0v) is 25.6.